The zero-order valence-electron chi connectivity index (χ0n) is 14.0. The first-order valence-corrected chi connectivity index (χ1v) is 9.68. The Bertz CT molecular complexity index is 643. The van der Waals surface area contributed by atoms with Crippen molar-refractivity contribution in [2.75, 3.05) is 13.1 Å². The highest BCUT2D eigenvalue weighted by molar-refractivity contribution is 8.13. The number of carbonyl (C=O) groups excluding carboxylic acids is 1. The van der Waals surface area contributed by atoms with E-state index in [1.807, 2.05) is 20.8 Å². The summed E-state index contributed by atoms with van der Waals surface area (Å²) >= 11 is 0. The molecule has 4 nitrogen and oxygen atoms in total. The molecule has 132 valence electrons. The minimum Gasteiger partial charge on any atom is -0.594 e. The van der Waals surface area contributed by atoms with E-state index >= 15 is 0 Å². The van der Waals surface area contributed by atoms with E-state index in [0.29, 0.717) is 23.5 Å². The molecule has 1 aliphatic heterocycles. The monoisotopic (exact) mass is 373 g/mol. The molecule has 1 unspecified atom stereocenters. The molecule has 1 atom stereocenters. The molecule has 1 aromatic carbocycles. The van der Waals surface area contributed by atoms with E-state index in [1.165, 1.54) is 18.2 Å². The first-order valence-electron chi connectivity index (χ1n) is 7.71. The number of likely N-dealkylation sites (tertiary alicyclic amines) is 1. The molecule has 7 heteroatoms. The van der Waals surface area contributed by atoms with E-state index < -0.39 is 21.8 Å². The van der Waals surface area contributed by atoms with Crippen molar-refractivity contribution in [1.82, 2.24) is 4.90 Å². The maximum Gasteiger partial charge on any atom is 0.410 e. The van der Waals surface area contributed by atoms with Gasteiger partial charge in [-0.05, 0) is 63.5 Å². The number of hydrogen-bond acceptors (Lipinski definition) is 3. The number of carbonyl (C=O) groups is 1. The quantitative estimate of drug-likeness (QED) is 0.717. The number of halogens is 2. The lowest BCUT2D eigenvalue weighted by Crippen LogP contribution is -2.40. The average molecular weight is 374 g/mol. The predicted octanol–water partition coefficient (Wildman–Crippen LogP) is 4.50. The van der Waals surface area contributed by atoms with E-state index in [1.54, 1.807) is 11.0 Å². The molecule has 0 radical (unpaired) electrons. The normalized spacial score (nSPS) is 18.6. The van der Waals surface area contributed by atoms with Crippen LogP contribution < -0.4 is 0 Å². The van der Waals surface area contributed by atoms with Gasteiger partial charge in [0, 0.05) is 18.7 Å². The van der Waals surface area contributed by atoms with Crippen LogP contribution in [0.15, 0.2) is 28.7 Å². The first kappa shape index (κ1) is 19.1. The number of piperidine rings is 1. The van der Waals surface area contributed by atoms with Crippen LogP contribution in [0.2, 0.25) is 0 Å². The van der Waals surface area contributed by atoms with Crippen molar-refractivity contribution in [1.29, 1.82) is 0 Å². The molecule has 0 saturated carbocycles. The van der Waals surface area contributed by atoms with Gasteiger partial charge in [0.15, 0.2) is 15.6 Å². The third-order valence-electron chi connectivity index (χ3n) is 3.48. The van der Waals surface area contributed by atoms with Crippen LogP contribution in [-0.4, -0.2) is 34.2 Å². The van der Waals surface area contributed by atoms with Crippen molar-refractivity contribution in [2.24, 2.45) is 0 Å². The van der Waals surface area contributed by atoms with E-state index in [4.69, 9.17) is 15.4 Å². The summed E-state index contributed by atoms with van der Waals surface area (Å²) in [6.45, 7) is 6.48. The van der Waals surface area contributed by atoms with Gasteiger partial charge in [0.05, 0.1) is 0 Å². The highest BCUT2D eigenvalue weighted by Crippen LogP contribution is 2.26. The lowest BCUT2D eigenvalue weighted by Gasteiger charge is -2.31. The van der Waals surface area contributed by atoms with Crippen molar-refractivity contribution in [2.45, 2.75) is 44.1 Å². The first-order chi connectivity index (χ1) is 11.2. The standard InChI is InChI=1S/C17H21ClFNO3S/c1-17(2,3)23-16(21)20-8-4-5-12(11-20)9-13-10-14(19)6-7-15(13)24(18)22/h6-7,9-10H,4-5,8,11H2,1-3H3. The van der Waals surface area contributed by atoms with E-state index in [9.17, 15) is 13.7 Å². The fourth-order valence-electron chi connectivity index (χ4n) is 2.50. The van der Waals surface area contributed by atoms with E-state index in [2.05, 4.69) is 0 Å². The summed E-state index contributed by atoms with van der Waals surface area (Å²) in [5.74, 6) is -0.424. The SMILES string of the molecule is CC(C)(C)OC(=O)N1CCCC(=Cc2cc(F)ccc2[S+]([O-])Cl)C1. The Morgan fingerprint density at radius 1 is 1.46 bits per heavy atom. The van der Waals surface area contributed by atoms with Crippen LogP contribution in [0.5, 0.6) is 0 Å². The van der Waals surface area contributed by atoms with Crippen molar-refractivity contribution in [3.63, 3.8) is 0 Å². The Morgan fingerprint density at radius 2 is 2.17 bits per heavy atom. The fraction of sp³-hybridized carbons (Fsp3) is 0.471. The molecule has 0 aliphatic carbocycles. The second-order valence-corrected chi connectivity index (χ2v) is 8.44. The second kappa shape index (κ2) is 7.76. The molecule has 0 aromatic heterocycles. The molecule has 0 spiro atoms. The van der Waals surface area contributed by atoms with Crippen molar-refractivity contribution >= 4 is 33.2 Å². The third-order valence-corrected chi connectivity index (χ3v) is 4.69. The van der Waals surface area contributed by atoms with Crippen LogP contribution in [0.4, 0.5) is 9.18 Å². The Kier molecular flexibility index (Phi) is 6.17. The zero-order chi connectivity index (χ0) is 17.9. The zero-order valence-corrected chi connectivity index (χ0v) is 15.5. The maximum absolute atomic E-state index is 13.5. The summed E-state index contributed by atoms with van der Waals surface area (Å²) in [4.78, 5) is 14.2. The van der Waals surface area contributed by atoms with Gasteiger partial charge in [0.1, 0.15) is 21.8 Å². The van der Waals surface area contributed by atoms with Crippen LogP contribution >= 0.6 is 10.7 Å². The van der Waals surface area contributed by atoms with Gasteiger partial charge in [-0.1, -0.05) is 0 Å². The summed E-state index contributed by atoms with van der Waals surface area (Å²) in [6.07, 6.45) is 2.97. The number of ether oxygens (including phenoxy) is 1. The molecule has 0 bridgehead atoms. The van der Waals surface area contributed by atoms with E-state index in [0.717, 1.165) is 18.4 Å². The number of amides is 1. The summed E-state index contributed by atoms with van der Waals surface area (Å²) < 4.78 is 30.5. The van der Waals surface area contributed by atoms with Crippen molar-refractivity contribution < 1.29 is 18.5 Å². The summed E-state index contributed by atoms with van der Waals surface area (Å²) in [6, 6.07) is 3.94. The number of rotatable bonds is 2. The number of hydrogen-bond donors (Lipinski definition) is 0. The van der Waals surface area contributed by atoms with Gasteiger partial charge < -0.3 is 14.2 Å². The number of benzene rings is 1. The van der Waals surface area contributed by atoms with E-state index in [-0.39, 0.29) is 6.09 Å². The van der Waals surface area contributed by atoms with Gasteiger partial charge in [-0.15, -0.1) is 0 Å². The highest BCUT2D eigenvalue weighted by atomic mass is 35.7. The molecular weight excluding hydrogens is 353 g/mol. The molecule has 24 heavy (non-hydrogen) atoms. The molecule has 1 aliphatic rings. The topological polar surface area (TPSA) is 52.6 Å². The highest BCUT2D eigenvalue weighted by Gasteiger charge is 2.25. The van der Waals surface area contributed by atoms with Gasteiger partial charge in [0.25, 0.3) is 0 Å². The lowest BCUT2D eigenvalue weighted by atomic mass is 10.0. The van der Waals surface area contributed by atoms with Crippen LogP contribution in [0.1, 0.15) is 39.2 Å². The van der Waals surface area contributed by atoms with Crippen LogP contribution in [0, 0.1) is 5.82 Å². The largest absolute Gasteiger partial charge is 0.594 e. The summed E-state index contributed by atoms with van der Waals surface area (Å²) in [7, 11) is 3.94. The molecule has 1 amide bonds. The van der Waals surface area contributed by atoms with Crippen molar-refractivity contribution in [3.8, 4) is 0 Å². The van der Waals surface area contributed by atoms with Gasteiger partial charge in [-0.25, -0.2) is 9.18 Å². The minimum absolute atomic E-state index is 0.361. The fourth-order valence-corrected chi connectivity index (χ4v) is 3.40. The predicted molar refractivity (Wildman–Crippen MR) is 93.7 cm³/mol. The van der Waals surface area contributed by atoms with Gasteiger partial charge in [0.2, 0.25) is 0 Å². The molecule has 1 heterocycles. The van der Waals surface area contributed by atoms with Gasteiger partial charge in [-0.2, -0.15) is 0 Å². The van der Waals surface area contributed by atoms with Gasteiger partial charge in [-0.3, -0.25) is 0 Å². The second-order valence-electron chi connectivity index (χ2n) is 6.71. The van der Waals surface area contributed by atoms with Gasteiger partial charge >= 0.3 is 6.09 Å². The maximum atomic E-state index is 13.5. The Labute approximate surface area is 149 Å². The van der Waals surface area contributed by atoms with Crippen LogP contribution in [-0.2, 0) is 15.1 Å². The molecule has 1 saturated heterocycles. The van der Waals surface area contributed by atoms with Crippen LogP contribution in [0.3, 0.4) is 0 Å². The third kappa shape index (κ3) is 5.40. The Morgan fingerprint density at radius 3 is 2.79 bits per heavy atom. The minimum atomic E-state index is -1.73. The summed E-state index contributed by atoms with van der Waals surface area (Å²) in [5.41, 5.74) is 0.870. The molecular formula is C17H21ClFNO3S. The van der Waals surface area contributed by atoms with Crippen molar-refractivity contribution in [3.05, 3.63) is 35.2 Å². The smallest absolute Gasteiger partial charge is 0.410 e. The molecule has 1 fully saturated rings. The molecule has 0 N–H and O–H groups in total. The molecule has 2 rings (SSSR count). The average Bonchev–Trinajstić information content (AvgIpc) is 2.45. The molecule has 1 aromatic rings. The Balaban J connectivity index is 2.19. The Hall–Kier alpha value is -1.24. The number of nitrogens with zero attached hydrogens (tertiary/aromatic N) is 1. The lowest BCUT2D eigenvalue weighted by molar-refractivity contribution is 0.0247. The van der Waals surface area contributed by atoms with Crippen LogP contribution in [0.25, 0.3) is 6.08 Å². The summed E-state index contributed by atoms with van der Waals surface area (Å²) in [5, 5.41) is 0.